The fourth-order valence-corrected chi connectivity index (χ4v) is 1.53. The van der Waals surface area contributed by atoms with Gasteiger partial charge in [0.05, 0.1) is 4.92 Å². The summed E-state index contributed by atoms with van der Waals surface area (Å²) < 4.78 is 13.1. The highest BCUT2D eigenvalue weighted by Crippen LogP contribution is 2.21. The molecule has 0 saturated heterocycles. The zero-order chi connectivity index (χ0) is 13.8. The molecule has 0 bridgehead atoms. The van der Waals surface area contributed by atoms with E-state index in [1.54, 1.807) is 0 Å². The molecule has 18 heavy (non-hydrogen) atoms. The highest BCUT2D eigenvalue weighted by atomic mass is 19.1. The Hall–Kier alpha value is -1.49. The lowest BCUT2D eigenvalue weighted by Crippen LogP contribution is -2.28. The van der Waals surface area contributed by atoms with Gasteiger partial charge in [0, 0.05) is 24.7 Å². The first-order chi connectivity index (χ1) is 8.35. The van der Waals surface area contributed by atoms with Crippen molar-refractivity contribution in [3.63, 3.8) is 0 Å². The van der Waals surface area contributed by atoms with Gasteiger partial charge in [0.15, 0.2) is 0 Å². The standard InChI is InChI=1S/C13H19FN2O2/c1-4-13(2,3)9-15-8-10-7-11(14)5-6-12(10)16(17)18/h5-7,15H,4,8-9H2,1-3H3. The molecule has 0 atom stereocenters. The van der Waals surface area contributed by atoms with E-state index in [9.17, 15) is 14.5 Å². The van der Waals surface area contributed by atoms with Crippen LogP contribution in [-0.2, 0) is 6.54 Å². The SMILES string of the molecule is CCC(C)(C)CNCc1cc(F)ccc1[N+](=O)[O-]. The molecule has 0 fully saturated rings. The van der Waals surface area contributed by atoms with Gasteiger partial charge >= 0.3 is 0 Å². The molecule has 0 unspecified atom stereocenters. The van der Waals surface area contributed by atoms with Gasteiger partial charge in [-0.2, -0.15) is 0 Å². The summed E-state index contributed by atoms with van der Waals surface area (Å²) in [6, 6.07) is 3.53. The fourth-order valence-electron chi connectivity index (χ4n) is 1.53. The van der Waals surface area contributed by atoms with Crippen molar-refractivity contribution in [3.05, 3.63) is 39.7 Å². The fraction of sp³-hybridized carbons (Fsp3) is 0.538. The maximum absolute atomic E-state index is 13.1. The lowest BCUT2D eigenvalue weighted by Gasteiger charge is -2.22. The molecule has 0 spiro atoms. The minimum Gasteiger partial charge on any atom is -0.312 e. The number of hydrogen-bond acceptors (Lipinski definition) is 3. The molecule has 0 aliphatic rings. The van der Waals surface area contributed by atoms with Crippen LogP contribution in [0.5, 0.6) is 0 Å². The van der Waals surface area contributed by atoms with Crippen molar-refractivity contribution in [3.8, 4) is 0 Å². The predicted molar refractivity (Wildman–Crippen MR) is 68.8 cm³/mol. The van der Waals surface area contributed by atoms with Crippen LogP contribution in [0.3, 0.4) is 0 Å². The zero-order valence-electron chi connectivity index (χ0n) is 11.0. The van der Waals surface area contributed by atoms with Gasteiger partial charge in [-0.3, -0.25) is 10.1 Å². The molecule has 0 heterocycles. The largest absolute Gasteiger partial charge is 0.312 e. The summed E-state index contributed by atoms with van der Waals surface area (Å²) in [5.74, 6) is -0.452. The minimum atomic E-state index is -0.485. The molecule has 4 nitrogen and oxygen atoms in total. The summed E-state index contributed by atoms with van der Waals surface area (Å²) in [7, 11) is 0. The van der Waals surface area contributed by atoms with E-state index in [1.807, 2.05) is 0 Å². The van der Waals surface area contributed by atoms with Crippen molar-refractivity contribution >= 4 is 5.69 Å². The Morgan fingerprint density at radius 1 is 1.44 bits per heavy atom. The summed E-state index contributed by atoms with van der Waals surface area (Å²) in [5.41, 5.74) is 0.465. The molecule has 0 radical (unpaired) electrons. The Balaban J connectivity index is 2.72. The van der Waals surface area contributed by atoms with Gasteiger partial charge in [0.25, 0.3) is 5.69 Å². The van der Waals surface area contributed by atoms with Crippen LogP contribution >= 0.6 is 0 Å². The summed E-state index contributed by atoms with van der Waals surface area (Å²) in [5, 5.41) is 13.9. The Morgan fingerprint density at radius 3 is 2.67 bits per heavy atom. The summed E-state index contributed by atoms with van der Waals surface area (Å²) >= 11 is 0. The second kappa shape index (κ2) is 5.91. The third kappa shape index (κ3) is 4.07. The monoisotopic (exact) mass is 254 g/mol. The average molecular weight is 254 g/mol. The number of hydrogen-bond donors (Lipinski definition) is 1. The van der Waals surface area contributed by atoms with E-state index >= 15 is 0 Å². The zero-order valence-corrected chi connectivity index (χ0v) is 11.0. The minimum absolute atomic E-state index is 0.0433. The van der Waals surface area contributed by atoms with Gasteiger partial charge in [-0.15, -0.1) is 0 Å². The number of halogens is 1. The summed E-state index contributed by atoms with van der Waals surface area (Å²) in [6.45, 7) is 7.35. The third-order valence-electron chi connectivity index (χ3n) is 3.11. The molecule has 100 valence electrons. The second-order valence-electron chi connectivity index (χ2n) is 5.15. The summed E-state index contributed by atoms with van der Waals surface area (Å²) in [6.07, 6.45) is 1.01. The molecule has 0 aromatic heterocycles. The van der Waals surface area contributed by atoms with Crippen LogP contribution in [0.1, 0.15) is 32.8 Å². The molecule has 1 aromatic carbocycles. The smallest absolute Gasteiger partial charge is 0.274 e. The molecular formula is C13H19FN2O2. The number of nitrogens with one attached hydrogen (secondary N) is 1. The van der Waals surface area contributed by atoms with Crippen molar-refractivity contribution in [2.45, 2.75) is 33.7 Å². The van der Waals surface area contributed by atoms with Crippen LogP contribution in [0, 0.1) is 21.3 Å². The van der Waals surface area contributed by atoms with Gasteiger partial charge in [-0.25, -0.2) is 4.39 Å². The van der Waals surface area contributed by atoms with Crippen molar-refractivity contribution in [2.75, 3.05) is 6.54 Å². The van der Waals surface area contributed by atoms with Crippen LogP contribution in [0.25, 0.3) is 0 Å². The number of nitro groups is 1. The van der Waals surface area contributed by atoms with Gasteiger partial charge in [-0.05, 0) is 24.0 Å². The maximum atomic E-state index is 13.1. The highest BCUT2D eigenvalue weighted by Gasteiger charge is 2.17. The van der Waals surface area contributed by atoms with Crippen LogP contribution < -0.4 is 5.32 Å². The van der Waals surface area contributed by atoms with E-state index in [-0.39, 0.29) is 11.1 Å². The average Bonchev–Trinajstić information content (AvgIpc) is 2.28. The van der Waals surface area contributed by atoms with E-state index < -0.39 is 10.7 Å². The second-order valence-corrected chi connectivity index (χ2v) is 5.15. The van der Waals surface area contributed by atoms with E-state index in [4.69, 9.17) is 0 Å². The van der Waals surface area contributed by atoms with Crippen LogP contribution in [-0.4, -0.2) is 11.5 Å². The molecule has 1 N–H and O–H groups in total. The quantitative estimate of drug-likeness (QED) is 0.626. The molecule has 1 rings (SSSR count). The topological polar surface area (TPSA) is 55.2 Å². The molecule has 5 heteroatoms. The van der Waals surface area contributed by atoms with Crippen LogP contribution in [0.15, 0.2) is 18.2 Å². The van der Waals surface area contributed by atoms with Gasteiger partial charge < -0.3 is 5.32 Å². The molecule has 0 amide bonds. The van der Waals surface area contributed by atoms with Gasteiger partial charge in [-0.1, -0.05) is 20.8 Å². The predicted octanol–water partition coefficient (Wildman–Crippen LogP) is 3.26. The Morgan fingerprint density at radius 2 is 2.11 bits per heavy atom. The first-order valence-corrected chi connectivity index (χ1v) is 5.99. The van der Waals surface area contributed by atoms with Crippen LogP contribution in [0.2, 0.25) is 0 Å². The molecule has 0 aliphatic carbocycles. The van der Waals surface area contributed by atoms with E-state index in [2.05, 4.69) is 26.1 Å². The first kappa shape index (κ1) is 14.6. The number of nitrogens with zero attached hydrogens (tertiary/aromatic N) is 1. The number of nitro benzene ring substituents is 1. The lowest BCUT2D eigenvalue weighted by atomic mass is 9.90. The van der Waals surface area contributed by atoms with Gasteiger partial charge in [0.2, 0.25) is 0 Å². The van der Waals surface area contributed by atoms with Crippen molar-refractivity contribution < 1.29 is 9.31 Å². The normalized spacial score (nSPS) is 11.6. The third-order valence-corrected chi connectivity index (χ3v) is 3.11. The number of benzene rings is 1. The van der Waals surface area contributed by atoms with Crippen molar-refractivity contribution in [2.24, 2.45) is 5.41 Å². The first-order valence-electron chi connectivity index (χ1n) is 5.99. The van der Waals surface area contributed by atoms with Gasteiger partial charge in [0.1, 0.15) is 5.82 Å². The van der Waals surface area contributed by atoms with Crippen molar-refractivity contribution in [1.29, 1.82) is 0 Å². The van der Waals surface area contributed by atoms with E-state index in [0.717, 1.165) is 19.0 Å². The molecule has 1 aromatic rings. The molecular weight excluding hydrogens is 235 g/mol. The van der Waals surface area contributed by atoms with Crippen molar-refractivity contribution in [1.82, 2.24) is 5.32 Å². The maximum Gasteiger partial charge on any atom is 0.274 e. The molecule has 0 aliphatic heterocycles. The van der Waals surface area contributed by atoms with Crippen LogP contribution in [0.4, 0.5) is 10.1 Å². The lowest BCUT2D eigenvalue weighted by molar-refractivity contribution is -0.385. The summed E-state index contributed by atoms with van der Waals surface area (Å²) in [4.78, 5) is 10.3. The number of rotatable bonds is 6. The van der Waals surface area contributed by atoms with E-state index in [0.29, 0.717) is 12.1 Å². The highest BCUT2D eigenvalue weighted by molar-refractivity contribution is 5.40. The Kier molecular flexibility index (Phi) is 4.78. The molecule has 0 saturated carbocycles. The Bertz CT molecular complexity index is 433. The Labute approximate surface area is 106 Å². The van der Waals surface area contributed by atoms with E-state index in [1.165, 1.54) is 12.1 Å².